The van der Waals surface area contributed by atoms with Crippen molar-refractivity contribution in [3.8, 4) is 0 Å². The number of carbonyl (C=O) groups excluding carboxylic acids is 2. The number of esters is 1. The van der Waals surface area contributed by atoms with Gasteiger partial charge in [0, 0.05) is 0 Å². The highest BCUT2D eigenvalue weighted by molar-refractivity contribution is 6.42. The molecule has 2 aromatic carbocycles. The van der Waals surface area contributed by atoms with E-state index < -0.39 is 24.3 Å². The molecule has 2 rings (SSSR count). The first kappa shape index (κ1) is 18.2. The van der Waals surface area contributed by atoms with Crippen molar-refractivity contribution in [2.75, 3.05) is 6.61 Å². The van der Waals surface area contributed by atoms with Gasteiger partial charge in [-0.2, -0.15) is 0 Å². The molecule has 0 aliphatic heterocycles. The van der Waals surface area contributed by atoms with E-state index in [0.29, 0.717) is 10.0 Å². The fourth-order valence-corrected chi connectivity index (χ4v) is 2.28. The van der Waals surface area contributed by atoms with Gasteiger partial charge in [-0.25, -0.2) is 9.18 Å². The molecule has 0 saturated heterocycles. The molecule has 1 amide bonds. The molecule has 1 N–H and O–H groups in total. The fraction of sp³-hybridized carbons (Fsp3) is 0.176. The average molecular weight is 370 g/mol. The van der Waals surface area contributed by atoms with Gasteiger partial charge in [-0.15, -0.1) is 0 Å². The molecule has 0 radical (unpaired) electrons. The molecule has 0 aliphatic rings. The van der Waals surface area contributed by atoms with Gasteiger partial charge >= 0.3 is 5.97 Å². The first-order valence-electron chi connectivity index (χ1n) is 7.04. The quantitative estimate of drug-likeness (QED) is 0.804. The molecule has 1 atom stereocenters. The maximum atomic E-state index is 13.0. The van der Waals surface area contributed by atoms with Crippen molar-refractivity contribution in [2.45, 2.75) is 13.0 Å². The second-order valence-corrected chi connectivity index (χ2v) is 5.86. The SMILES string of the molecule is C[C@H](NC(=O)COC(=O)c1cccc(F)c1)c1ccc(Cl)c(Cl)c1. The molecule has 0 spiro atoms. The summed E-state index contributed by atoms with van der Waals surface area (Å²) in [6.07, 6.45) is 0. The Morgan fingerprint density at radius 2 is 1.92 bits per heavy atom. The van der Waals surface area contributed by atoms with Gasteiger partial charge in [-0.05, 0) is 42.8 Å². The molecule has 0 unspecified atom stereocenters. The predicted octanol–water partition coefficient (Wildman–Crippen LogP) is 4.17. The summed E-state index contributed by atoms with van der Waals surface area (Å²) in [7, 11) is 0. The average Bonchev–Trinajstić information content (AvgIpc) is 2.55. The Morgan fingerprint density at radius 1 is 1.17 bits per heavy atom. The minimum atomic E-state index is -0.771. The van der Waals surface area contributed by atoms with E-state index in [9.17, 15) is 14.0 Å². The molecule has 0 aromatic heterocycles. The number of rotatable bonds is 5. The van der Waals surface area contributed by atoms with Crippen LogP contribution in [0.15, 0.2) is 42.5 Å². The maximum Gasteiger partial charge on any atom is 0.338 e. The van der Waals surface area contributed by atoms with Crippen LogP contribution in [0.25, 0.3) is 0 Å². The Kier molecular flexibility index (Phi) is 6.17. The van der Waals surface area contributed by atoms with Crippen LogP contribution >= 0.6 is 23.2 Å². The lowest BCUT2D eigenvalue weighted by Gasteiger charge is -2.15. The Labute approximate surface area is 148 Å². The molecule has 126 valence electrons. The van der Waals surface area contributed by atoms with E-state index in [1.54, 1.807) is 25.1 Å². The summed E-state index contributed by atoms with van der Waals surface area (Å²) in [5, 5.41) is 3.47. The number of ether oxygens (including phenoxy) is 1. The van der Waals surface area contributed by atoms with Gasteiger partial charge in [0.1, 0.15) is 5.82 Å². The third kappa shape index (κ3) is 4.94. The number of amides is 1. The summed E-state index contributed by atoms with van der Waals surface area (Å²) in [4.78, 5) is 23.6. The van der Waals surface area contributed by atoms with Gasteiger partial charge in [0.15, 0.2) is 6.61 Å². The Hall–Kier alpha value is -2.11. The van der Waals surface area contributed by atoms with Gasteiger partial charge in [0.2, 0.25) is 0 Å². The molecule has 0 saturated carbocycles. The van der Waals surface area contributed by atoms with Crippen LogP contribution in [0.1, 0.15) is 28.9 Å². The summed E-state index contributed by atoms with van der Waals surface area (Å²) < 4.78 is 17.9. The number of carbonyl (C=O) groups is 2. The third-order valence-corrected chi connectivity index (χ3v) is 3.95. The second-order valence-electron chi connectivity index (χ2n) is 5.05. The van der Waals surface area contributed by atoms with E-state index >= 15 is 0 Å². The van der Waals surface area contributed by atoms with Crippen molar-refractivity contribution in [3.63, 3.8) is 0 Å². The highest BCUT2D eigenvalue weighted by atomic mass is 35.5. The van der Waals surface area contributed by atoms with Crippen LogP contribution < -0.4 is 5.32 Å². The van der Waals surface area contributed by atoms with E-state index in [-0.39, 0.29) is 11.6 Å². The van der Waals surface area contributed by atoms with Crippen LogP contribution in [0.2, 0.25) is 10.0 Å². The number of nitrogens with one attached hydrogen (secondary N) is 1. The van der Waals surface area contributed by atoms with Crippen molar-refractivity contribution in [1.29, 1.82) is 0 Å². The molecule has 7 heteroatoms. The first-order chi connectivity index (χ1) is 11.4. The van der Waals surface area contributed by atoms with Crippen molar-refractivity contribution in [2.24, 2.45) is 0 Å². The van der Waals surface area contributed by atoms with Crippen LogP contribution in [0.5, 0.6) is 0 Å². The zero-order valence-corrected chi connectivity index (χ0v) is 14.2. The Bertz CT molecular complexity index is 767. The fourth-order valence-electron chi connectivity index (χ4n) is 1.98. The molecular weight excluding hydrogens is 356 g/mol. The van der Waals surface area contributed by atoms with Gasteiger partial charge in [0.05, 0.1) is 21.7 Å². The van der Waals surface area contributed by atoms with Crippen molar-refractivity contribution < 1.29 is 18.7 Å². The summed E-state index contributed by atoms with van der Waals surface area (Å²) in [5.74, 6) is -1.81. The Balaban J connectivity index is 1.88. The topological polar surface area (TPSA) is 55.4 Å². The van der Waals surface area contributed by atoms with Gasteiger partial charge < -0.3 is 10.1 Å². The van der Waals surface area contributed by atoms with Crippen LogP contribution in [-0.4, -0.2) is 18.5 Å². The van der Waals surface area contributed by atoms with Gasteiger partial charge in [-0.1, -0.05) is 35.3 Å². The van der Waals surface area contributed by atoms with Crippen molar-refractivity contribution in [3.05, 3.63) is 69.5 Å². The van der Waals surface area contributed by atoms with Crippen LogP contribution in [0.3, 0.4) is 0 Å². The molecular formula is C17H14Cl2FNO3. The van der Waals surface area contributed by atoms with Gasteiger partial charge in [0.25, 0.3) is 5.91 Å². The molecule has 2 aromatic rings. The number of benzene rings is 2. The number of hydrogen-bond donors (Lipinski definition) is 1. The van der Waals surface area contributed by atoms with Crippen LogP contribution in [0, 0.1) is 5.82 Å². The normalized spacial score (nSPS) is 11.7. The second kappa shape index (κ2) is 8.13. The predicted molar refractivity (Wildman–Crippen MR) is 89.7 cm³/mol. The monoisotopic (exact) mass is 369 g/mol. The molecule has 0 bridgehead atoms. The zero-order valence-electron chi connectivity index (χ0n) is 12.7. The van der Waals surface area contributed by atoms with E-state index in [1.807, 2.05) is 0 Å². The number of hydrogen-bond acceptors (Lipinski definition) is 3. The smallest absolute Gasteiger partial charge is 0.338 e. The van der Waals surface area contributed by atoms with Gasteiger partial charge in [-0.3, -0.25) is 4.79 Å². The summed E-state index contributed by atoms with van der Waals surface area (Å²) >= 11 is 11.8. The van der Waals surface area contributed by atoms with E-state index in [4.69, 9.17) is 27.9 Å². The van der Waals surface area contributed by atoms with E-state index in [0.717, 1.165) is 11.6 Å². The maximum absolute atomic E-state index is 13.0. The lowest BCUT2D eigenvalue weighted by molar-refractivity contribution is -0.124. The van der Waals surface area contributed by atoms with Crippen LogP contribution in [0.4, 0.5) is 4.39 Å². The minimum Gasteiger partial charge on any atom is -0.452 e. The van der Waals surface area contributed by atoms with Crippen molar-refractivity contribution >= 4 is 35.1 Å². The van der Waals surface area contributed by atoms with Crippen molar-refractivity contribution in [1.82, 2.24) is 5.32 Å². The van der Waals surface area contributed by atoms with E-state index in [2.05, 4.69) is 5.32 Å². The summed E-state index contributed by atoms with van der Waals surface area (Å²) in [6, 6.07) is 9.71. The molecule has 4 nitrogen and oxygen atoms in total. The van der Waals surface area contributed by atoms with Crippen LogP contribution in [-0.2, 0) is 9.53 Å². The first-order valence-corrected chi connectivity index (χ1v) is 7.79. The zero-order chi connectivity index (χ0) is 17.7. The lowest BCUT2D eigenvalue weighted by Crippen LogP contribution is -2.31. The highest BCUT2D eigenvalue weighted by Gasteiger charge is 2.14. The molecule has 0 fully saturated rings. The summed E-state index contributed by atoms with van der Waals surface area (Å²) in [6.45, 7) is 1.28. The molecule has 0 aliphatic carbocycles. The third-order valence-electron chi connectivity index (χ3n) is 3.22. The van der Waals surface area contributed by atoms with E-state index in [1.165, 1.54) is 18.2 Å². The minimum absolute atomic E-state index is 0.0420. The molecule has 0 heterocycles. The largest absolute Gasteiger partial charge is 0.452 e. The standard InChI is InChI=1S/C17H14Cl2FNO3/c1-10(11-5-6-14(18)15(19)8-11)21-16(22)9-24-17(23)12-3-2-4-13(20)7-12/h2-8,10H,9H2,1H3,(H,21,22)/t10-/m0/s1. The highest BCUT2D eigenvalue weighted by Crippen LogP contribution is 2.25. The summed E-state index contributed by atoms with van der Waals surface area (Å²) in [5.41, 5.74) is 0.800. The molecule has 24 heavy (non-hydrogen) atoms. The lowest BCUT2D eigenvalue weighted by atomic mass is 10.1. The Morgan fingerprint density at radius 3 is 2.58 bits per heavy atom. The number of halogens is 3.